The lowest BCUT2D eigenvalue weighted by Gasteiger charge is -2.43. The van der Waals surface area contributed by atoms with Gasteiger partial charge in [0.15, 0.2) is 5.78 Å². The van der Waals surface area contributed by atoms with Crippen LogP contribution in [0.25, 0.3) is 0 Å². The largest absolute Gasteiger partial charge is 0.528 e. The number of hydrogen-bond acceptors (Lipinski definition) is 3. The first-order valence-electron chi connectivity index (χ1n) is 6.64. The maximum atomic E-state index is 12.6. The van der Waals surface area contributed by atoms with E-state index in [1.54, 1.807) is 13.1 Å². The number of nitrogens with zero attached hydrogens (tertiary/aromatic N) is 1. The molecule has 0 N–H and O–H groups in total. The highest BCUT2D eigenvalue weighted by Crippen LogP contribution is 2.42. The number of benzene rings is 1. The second-order valence-electron chi connectivity index (χ2n) is 5.00. The van der Waals surface area contributed by atoms with Crippen LogP contribution in [0.2, 0.25) is 5.02 Å². The van der Waals surface area contributed by atoms with Crippen LogP contribution in [-0.4, -0.2) is 31.9 Å². The van der Waals surface area contributed by atoms with Crippen LogP contribution < -0.4 is 0 Å². The van der Waals surface area contributed by atoms with Crippen LogP contribution in [0.15, 0.2) is 24.3 Å². The molecule has 6 heteroatoms. The molecule has 1 amide bonds. The number of halogens is 1. The molecule has 4 nitrogen and oxygen atoms in total. The van der Waals surface area contributed by atoms with Gasteiger partial charge < -0.3 is 4.65 Å². The number of hydrogen-bond donors (Lipinski definition) is 0. The average molecular weight is 294 g/mol. The predicted octanol–water partition coefficient (Wildman–Crippen LogP) is 2.29. The van der Waals surface area contributed by atoms with E-state index >= 15 is 0 Å². The number of Topliss-reactive ketones (excluding diaryl/α,β-unsaturated/α-hetero) is 1. The Balaban J connectivity index is 2.58. The summed E-state index contributed by atoms with van der Waals surface area (Å²) in [5.41, 5.74) is -0.330. The summed E-state index contributed by atoms with van der Waals surface area (Å²) in [6.07, 6.45) is 2.21. The topological polar surface area (TPSA) is 46.6 Å². The Morgan fingerprint density at radius 1 is 1.40 bits per heavy atom. The summed E-state index contributed by atoms with van der Waals surface area (Å²) in [4.78, 5) is 26.0. The molecule has 1 fully saturated rings. The van der Waals surface area contributed by atoms with Crippen molar-refractivity contribution in [2.45, 2.75) is 31.2 Å². The zero-order valence-corrected chi connectivity index (χ0v) is 12.4. The van der Waals surface area contributed by atoms with Gasteiger partial charge in [-0.25, -0.2) is 4.79 Å². The molecule has 1 atom stereocenters. The number of carbonyl (C=O) groups is 2. The van der Waals surface area contributed by atoms with Gasteiger partial charge in [-0.3, -0.25) is 9.69 Å². The molecule has 1 aromatic carbocycles. The highest BCUT2D eigenvalue weighted by atomic mass is 35.5. The number of ketones is 1. The minimum Gasteiger partial charge on any atom is -0.528 e. The normalized spacial score (nSPS) is 22.4. The third-order valence-corrected chi connectivity index (χ3v) is 4.32. The fraction of sp³-hybridized carbons (Fsp3) is 0.429. The molecular formula is C14H17BClNO3. The van der Waals surface area contributed by atoms with Crippen molar-refractivity contribution >= 4 is 31.5 Å². The van der Waals surface area contributed by atoms with Crippen molar-refractivity contribution in [3.05, 3.63) is 34.9 Å². The highest BCUT2D eigenvalue weighted by molar-refractivity contribution is 6.31. The van der Waals surface area contributed by atoms with Crippen molar-refractivity contribution in [3.8, 4) is 0 Å². The number of carbonyl (C=O) groups excluding carboxylic acids is 2. The van der Waals surface area contributed by atoms with E-state index < -0.39 is 11.6 Å². The molecule has 0 aliphatic heterocycles. The summed E-state index contributed by atoms with van der Waals surface area (Å²) in [5, 5.41) is 0.499. The van der Waals surface area contributed by atoms with Crippen LogP contribution in [0.3, 0.4) is 0 Å². The third-order valence-electron chi connectivity index (χ3n) is 3.99. The first kappa shape index (κ1) is 14.9. The summed E-state index contributed by atoms with van der Waals surface area (Å²) < 4.78 is 4.79. The monoisotopic (exact) mass is 293 g/mol. The summed E-state index contributed by atoms with van der Waals surface area (Å²) >= 11 is 6.27. The van der Waals surface area contributed by atoms with E-state index in [0.717, 1.165) is 12.8 Å². The van der Waals surface area contributed by atoms with Crippen molar-refractivity contribution in [1.82, 2.24) is 4.90 Å². The van der Waals surface area contributed by atoms with E-state index in [2.05, 4.69) is 0 Å². The van der Waals surface area contributed by atoms with Crippen LogP contribution in [-0.2, 0) is 15.0 Å². The van der Waals surface area contributed by atoms with Gasteiger partial charge in [-0.15, -0.1) is 0 Å². The molecule has 2 rings (SSSR count). The Hall–Kier alpha value is -1.49. The second-order valence-corrected chi connectivity index (χ2v) is 5.41. The van der Waals surface area contributed by atoms with Gasteiger partial charge in [0.25, 0.3) is 0 Å². The lowest BCUT2D eigenvalue weighted by atomic mass is 9.74. The molecule has 0 aromatic heterocycles. The molecule has 0 radical (unpaired) electrons. The van der Waals surface area contributed by atoms with Crippen LogP contribution in [0.5, 0.6) is 0 Å². The quantitative estimate of drug-likeness (QED) is 0.786. The fourth-order valence-electron chi connectivity index (χ4n) is 2.92. The van der Waals surface area contributed by atoms with E-state index in [9.17, 15) is 9.59 Å². The summed E-state index contributed by atoms with van der Waals surface area (Å²) in [7, 11) is 2.91. The Bertz CT molecular complexity index is 537. The SMILES string of the molecule is BOC(=O)N(C)C1(c2ccccc2Cl)CCCCC1=O. The lowest BCUT2D eigenvalue weighted by Crippen LogP contribution is -2.54. The van der Waals surface area contributed by atoms with Gasteiger partial charge in [0.05, 0.1) is 0 Å². The van der Waals surface area contributed by atoms with E-state index in [1.165, 1.54) is 12.9 Å². The maximum Gasteiger partial charge on any atom is 0.392 e. The van der Waals surface area contributed by atoms with Crippen molar-refractivity contribution in [2.75, 3.05) is 7.05 Å². The Morgan fingerprint density at radius 2 is 2.10 bits per heavy atom. The molecule has 0 heterocycles. The molecule has 1 aromatic rings. The van der Waals surface area contributed by atoms with Crippen LogP contribution in [0.4, 0.5) is 4.79 Å². The molecular weight excluding hydrogens is 276 g/mol. The van der Waals surface area contributed by atoms with Gasteiger partial charge in [0.2, 0.25) is 0 Å². The molecule has 0 bridgehead atoms. The van der Waals surface area contributed by atoms with Crippen molar-refractivity contribution in [3.63, 3.8) is 0 Å². The predicted molar refractivity (Wildman–Crippen MR) is 79.4 cm³/mol. The van der Waals surface area contributed by atoms with E-state index in [1.807, 2.05) is 18.2 Å². The number of amides is 1. The average Bonchev–Trinajstić information content (AvgIpc) is 2.47. The van der Waals surface area contributed by atoms with Gasteiger partial charge in [-0.05, 0) is 25.3 Å². The van der Waals surface area contributed by atoms with Crippen LogP contribution in [0, 0.1) is 0 Å². The Kier molecular flexibility index (Phi) is 4.38. The molecule has 1 unspecified atom stereocenters. The lowest BCUT2D eigenvalue weighted by molar-refractivity contribution is -0.132. The molecule has 0 spiro atoms. The molecule has 20 heavy (non-hydrogen) atoms. The molecule has 106 valence electrons. The molecule has 0 saturated heterocycles. The van der Waals surface area contributed by atoms with Crippen molar-refractivity contribution in [1.29, 1.82) is 0 Å². The maximum absolute atomic E-state index is 12.6. The summed E-state index contributed by atoms with van der Waals surface area (Å²) in [5.74, 6) is 0.0183. The first-order chi connectivity index (χ1) is 9.54. The minimum atomic E-state index is -1.01. The molecule has 1 saturated carbocycles. The number of likely N-dealkylation sites (N-methyl/N-ethyl adjacent to an activating group) is 1. The molecule has 1 aliphatic carbocycles. The van der Waals surface area contributed by atoms with Crippen molar-refractivity contribution in [2.24, 2.45) is 0 Å². The van der Waals surface area contributed by atoms with Gasteiger partial charge in [0, 0.05) is 24.1 Å². The third kappa shape index (κ3) is 2.31. The summed E-state index contributed by atoms with van der Waals surface area (Å²) in [6.45, 7) is 0. The first-order valence-corrected chi connectivity index (χ1v) is 7.02. The van der Waals surface area contributed by atoms with E-state index in [-0.39, 0.29) is 5.78 Å². The smallest absolute Gasteiger partial charge is 0.392 e. The second kappa shape index (κ2) is 5.88. The van der Waals surface area contributed by atoms with Gasteiger partial charge in [-0.2, -0.15) is 0 Å². The van der Waals surface area contributed by atoms with Crippen molar-refractivity contribution < 1.29 is 14.2 Å². The fourth-order valence-corrected chi connectivity index (χ4v) is 3.21. The highest BCUT2D eigenvalue weighted by Gasteiger charge is 2.48. The standard InChI is InChI=1S/C14H17BClNO3/c1-17(13(19)20-15)14(9-5-4-8-12(14)18)10-6-2-3-7-11(10)16/h2-3,6-7H,4-5,8-9,15H2,1H3. The zero-order valence-electron chi connectivity index (χ0n) is 11.7. The summed E-state index contributed by atoms with van der Waals surface area (Å²) in [6, 6.07) is 7.19. The minimum absolute atomic E-state index is 0.0183. The Morgan fingerprint density at radius 3 is 2.70 bits per heavy atom. The van der Waals surface area contributed by atoms with Gasteiger partial charge >= 0.3 is 14.1 Å². The Labute approximate surface area is 124 Å². The van der Waals surface area contributed by atoms with E-state index in [4.69, 9.17) is 16.3 Å². The van der Waals surface area contributed by atoms with Crippen LogP contribution in [0.1, 0.15) is 31.2 Å². The number of rotatable bonds is 2. The molecule has 1 aliphatic rings. The van der Waals surface area contributed by atoms with Gasteiger partial charge in [0.1, 0.15) is 5.54 Å². The van der Waals surface area contributed by atoms with Gasteiger partial charge in [-0.1, -0.05) is 29.8 Å². The van der Waals surface area contributed by atoms with E-state index in [0.29, 0.717) is 23.4 Å². The van der Waals surface area contributed by atoms with Crippen LogP contribution >= 0.6 is 11.6 Å². The zero-order chi connectivity index (χ0) is 14.8.